The summed E-state index contributed by atoms with van der Waals surface area (Å²) < 4.78 is 1.99. The molecule has 2 aromatic carbocycles. The van der Waals surface area contributed by atoms with Crippen molar-refractivity contribution in [2.45, 2.75) is 39.9 Å². The summed E-state index contributed by atoms with van der Waals surface area (Å²) in [4.78, 5) is 12.6. The van der Waals surface area contributed by atoms with Crippen molar-refractivity contribution in [3.05, 3.63) is 88.7 Å². The van der Waals surface area contributed by atoms with Gasteiger partial charge in [0.05, 0.1) is 18.2 Å². The molecule has 5 nitrogen and oxygen atoms in total. The highest BCUT2D eigenvalue weighted by molar-refractivity contribution is 5.85. The Bertz CT molecular complexity index is 925. The lowest BCUT2D eigenvalue weighted by Crippen LogP contribution is -2.35. The van der Waals surface area contributed by atoms with E-state index in [-0.39, 0.29) is 30.3 Å². The lowest BCUT2D eigenvalue weighted by Gasteiger charge is -2.20. The minimum absolute atomic E-state index is 0. The number of amides is 1. The topological polar surface area (TPSA) is 72.9 Å². The first-order valence-corrected chi connectivity index (χ1v) is 9.62. The summed E-state index contributed by atoms with van der Waals surface area (Å²) in [6.45, 7) is 7.07. The standard InChI is InChI=1S/C23H28N4O.ClH/c1-16(22(24)20-12-8-5-9-13-20)23(28)25-14-21-17(2)26-27(18(21)3)15-19-10-6-4-7-11-19;/h4-13,16,22H,14-15,24H2,1-3H3,(H,25,28);1H. The Hall–Kier alpha value is -2.63. The predicted molar refractivity (Wildman–Crippen MR) is 119 cm³/mol. The smallest absolute Gasteiger partial charge is 0.225 e. The summed E-state index contributed by atoms with van der Waals surface area (Å²) in [7, 11) is 0. The second-order valence-electron chi connectivity index (χ2n) is 7.24. The van der Waals surface area contributed by atoms with Crippen molar-refractivity contribution in [1.82, 2.24) is 15.1 Å². The maximum atomic E-state index is 12.6. The molecule has 1 amide bonds. The Morgan fingerprint density at radius 1 is 1.07 bits per heavy atom. The average molecular weight is 413 g/mol. The van der Waals surface area contributed by atoms with Gasteiger partial charge in [0.25, 0.3) is 0 Å². The number of carbonyl (C=O) groups excluding carboxylic acids is 1. The molecular formula is C23H29ClN4O. The summed E-state index contributed by atoms with van der Waals surface area (Å²) in [6, 6.07) is 19.6. The van der Waals surface area contributed by atoms with Crippen molar-refractivity contribution in [3.8, 4) is 0 Å². The van der Waals surface area contributed by atoms with Gasteiger partial charge in [0.15, 0.2) is 0 Å². The van der Waals surface area contributed by atoms with Crippen LogP contribution in [0.3, 0.4) is 0 Å². The molecule has 6 heteroatoms. The number of nitrogens with zero attached hydrogens (tertiary/aromatic N) is 2. The number of nitrogens with two attached hydrogens (primary N) is 1. The van der Waals surface area contributed by atoms with Crippen LogP contribution in [0.25, 0.3) is 0 Å². The zero-order chi connectivity index (χ0) is 20.1. The molecule has 154 valence electrons. The van der Waals surface area contributed by atoms with Crippen LogP contribution in [0.4, 0.5) is 0 Å². The van der Waals surface area contributed by atoms with E-state index in [0.717, 1.165) is 29.1 Å². The lowest BCUT2D eigenvalue weighted by molar-refractivity contribution is -0.125. The molecular weight excluding hydrogens is 384 g/mol. The van der Waals surface area contributed by atoms with E-state index in [1.165, 1.54) is 5.56 Å². The number of hydrogen-bond acceptors (Lipinski definition) is 3. The van der Waals surface area contributed by atoms with E-state index in [4.69, 9.17) is 5.73 Å². The van der Waals surface area contributed by atoms with Crippen molar-refractivity contribution in [2.24, 2.45) is 11.7 Å². The first-order valence-electron chi connectivity index (χ1n) is 9.62. The van der Waals surface area contributed by atoms with Gasteiger partial charge in [-0.3, -0.25) is 9.48 Å². The molecule has 0 fully saturated rings. The van der Waals surface area contributed by atoms with E-state index in [0.29, 0.717) is 6.54 Å². The van der Waals surface area contributed by atoms with Crippen LogP contribution < -0.4 is 11.1 Å². The summed E-state index contributed by atoms with van der Waals surface area (Å²) >= 11 is 0. The number of rotatable bonds is 7. The van der Waals surface area contributed by atoms with Gasteiger partial charge in [0.1, 0.15) is 0 Å². The van der Waals surface area contributed by atoms with Gasteiger partial charge in [0.2, 0.25) is 5.91 Å². The van der Waals surface area contributed by atoms with Crippen LogP contribution in [0.2, 0.25) is 0 Å². The van der Waals surface area contributed by atoms with Gasteiger partial charge < -0.3 is 11.1 Å². The third-order valence-corrected chi connectivity index (χ3v) is 5.28. The molecule has 0 aliphatic heterocycles. The van der Waals surface area contributed by atoms with Crippen LogP contribution in [-0.2, 0) is 17.9 Å². The Balaban J connectivity index is 0.00000300. The van der Waals surface area contributed by atoms with Gasteiger partial charge in [-0.25, -0.2) is 0 Å². The molecule has 2 atom stereocenters. The van der Waals surface area contributed by atoms with E-state index >= 15 is 0 Å². The molecule has 1 heterocycles. The summed E-state index contributed by atoms with van der Waals surface area (Å²) in [5.41, 5.74) is 11.5. The fourth-order valence-corrected chi connectivity index (χ4v) is 3.36. The zero-order valence-corrected chi connectivity index (χ0v) is 17.9. The number of aromatic nitrogens is 2. The summed E-state index contributed by atoms with van der Waals surface area (Å²) in [6.07, 6.45) is 0. The number of aryl methyl sites for hydroxylation is 1. The SMILES string of the molecule is Cc1nn(Cc2ccccc2)c(C)c1CNC(=O)C(C)C(N)c1ccccc1.Cl. The van der Waals surface area contributed by atoms with E-state index in [1.807, 2.05) is 74.0 Å². The number of hydrogen-bond donors (Lipinski definition) is 2. The fourth-order valence-electron chi connectivity index (χ4n) is 3.36. The minimum atomic E-state index is -0.329. The van der Waals surface area contributed by atoms with Crippen LogP contribution in [0.5, 0.6) is 0 Å². The van der Waals surface area contributed by atoms with Crippen molar-refractivity contribution in [2.75, 3.05) is 0 Å². The Kier molecular flexibility index (Phi) is 8.00. The van der Waals surface area contributed by atoms with Crippen molar-refractivity contribution >= 4 is 18.3 Å². The van der Waals surface area contributed by atoms with Gasteiger partial charge in [-0.15, -0.1) is 12.4 Å². The second-order valence-corrected chi connectivity index (χ2v) is 7.24. The Labute approximate surface area is 178 Å². The van der Waals surface area contributed by atoms with Crippen LogP contribution in [0.15, 0.2) is 60.7 Å². The highest BCUT2D eigenvalue weighted by atomic mass is 35.5. The van der Waals surface area contributed by atoms with E-state index in [2.05, 4.69) is 22.5 Å². The average Bonchev–Trinajstić information content (AvgIpc) is 2.99. The van der Waals surface area contributed by atoms with Crippen LogP contribution >= 0.6 is 12.4 Å². The molecule has 0 bridgehead atoms. The first-order chi connectivity index (χ1) is 13.5. The number of nitrogens with one attached hydrogen (secondary N) is 1. The van der Waals surface area contributed by atoms with Gasteiger partial charge >= 0.3 is 0 Å². The van der Waals surface area contributed by atoms with E-state index in [1.54, 1.807) is 0 Å². The highest BCUT2D eigenvalue weighted by Gasteiger charge is 2.22. The molecule has 2 unspecified atom stereocenters. The largest absolute Gasteiger partial charge is 0.352 e. The predicted octanol–water partition coefficient (Wildman–Crippen LogP) is 3.92. The summed E-state index contributed by atoms with van der Waals surface area (Å²) in [5, 5.41) is 7.69. The molecule has 0 aliphatic rings. The minimum Gasteiger partial charge on any atom is -0.352 e. The van der Waals surface area contributed by atoms with E-state index < -0.39 is 0 Å². The molecule has 29 heavy (non-hydrogen) atoms. The second kappa shape index (κ2) is 10.2. The molecule has 0 saturated carbocycles. The number of halogens is 1. The van der Waals surface area contributed by atoms with Gasteiger partial charge in [-0.1, -0.05) is 67.6 Å². The Morgan fingerprint density at radius 2 is 1.66 bits per heavy atom. The van der Waals surface area contributed by atoms with Crippen molar-refractivity contribution in [1.29, 1.82) is 0 Å². The Morgan fingerprint density at radius 3 is 2.28 bits per heavy atom. The number of benzene rings is 2. The molecule has 0 saturated heterocycles. The molecule has 0 spiro atoms. The maximum absolute atomic E-state index is 12.6. The molecule has 1 aromatic heterocycles. The van der Waals surface area contributed by atoms with Gasteiger partial charge in [-0.2, -0.15) is 5.10 Å². The molecule has 0 radical (unpaired) electrons. The number of carbonyl (C=O) groups is 1. The fraction of sp³-hybridized carbons (Fsp3) is 0.304. The quantitative estimate of drug-likeness (QED) is 0.617. The van der Waals surface area contributed by atoms with Gasteiger partial charge in [-0.05, 0) is 25.0 Å². The summed E-state index contributed by atoms with van der Waals surface area (Å²) in [5.74, 6) is -0.367. The molecule has 3 N–H and O–H groups in total. The zero-order valence-electron chi connectivity index (χ0n) is 17.1. The normalized spacial score (nSPS) is 12.7. The lowest BCUT2D eigenvalue weighted by atomic mass is 9.94. The molecule has 0 aliphatic carbocycles. The third kappa shape index (κ3) is 5.46. The van der Waals surface area contributed by atoms with Crippen molar-refractivity contribution < 1.29 is 4.79 Å². The van der Waals surface area contributed by atoms with Gasteiger partial charge in [0, 0.05) is 23.8 Å². The third-order valence-electron chi connectivity index (χ3n) is 5.28. The maximum Gasteiger partial charge on any atom is 0.225 e. The van der Waals surface area contributed by atoms with E-state index in [9.17, 15) is 4.79 Å². The molecule has 3 rings (SSSR count). The van der Waals surface area contributed by atoms with Crippen molar-refractivity contribution in [3.63, 3.8) is 0 Å². The highest BCUT2D eigenvalue weighted by Crippen LogP contribution is 2.20. The van der Waals surface area contributed by atoms with Crippen LogP contribution in [0.1, 0.15) is 41.0 Å². The molecule has 3 aromatic rings. The van der Waals surface area contributed by atoms with Crippen LogP contribution in [-0.4, -0.2) is 15.7 Å². The van der Waals surface area contributed by atoms with Crippen LogP contribution in [0, 0.1) is 19.8 Å². The monoisotopic (exact) mass is 412 g/mol. The first kappa shape index (κ1) is 22.7.